The van der Waals surface area contributed by atoms with Gasteiger partial charge in [0.1, 0.15) is 11.9 Å². The van der Waals surface area contributed by atoms with Gasteiger partial charge in [0.15, 0.2) is 12.4 Å². The molecule has 2 aromatic heterocycles. The number of carbonyl (C=O) groups excluding carboxylic acids is 1. The second-order valence-corrected chi connectivity index (χ2v) is 6.66. The smallest absolute Gasteiger partial charge is 0.343 e. The Bertz CT molecular complexity index is 1110. The minimum absolute atomic E-state index is 0.241. The van der Waals surface area contributed by atoms with Gasteiger partial charge in [-0.3, -0.25) is 4.79 Å². The first kappa shape index (κ1) is 20.8. The number of nitro groups is 1. The molecule has 3 aromatic rings. The predicted octanol–water partition coefficient (Wildman–Crippen LogP) is 2.67. The maximum absolute atomic E-state index is 12.2. The summed E-state index contributed by atoms with van der Waals surface area (Å²) < 4.78 is 8.49. The summed E-state index contributed by atoms with van der Waals surface area (Å²) in [5.41, 5.74) is 6.20. The molecule has 0 unspecified atom stereocenters. The van der Waals surface area contributed by atoms with Crippen LogP contribution in [0.15, 0.2) is 41.6 Å². The second-order valence-electron chi connectivity index (χ2n) is 6.66. The second kappa shape index (κ2) is 8.60. The van der Waals surface area contributed by atoms with Gasteiger partial charge in [0, 0.05) is 29.6 Å². The van der Waals surface area contributed by atoms with Crippen molar-refractivity contribution in [3.05, 3.63) is 69.4 Å². The Hall–Kier alpha value is -3.95. The number of methoxy groups -OCH3 is 1. The highest BCUT2D eigenvalue weighted by Gasteiger charge is 2.20. The summed E-state index contributed by atoms with van der Waals surface area (Å²) in [5.74, 6) is 0.428. The molecule has 0 bridgehead atoms. The molecule has 0 aliphatic heterocycles. The number of benzene rings is 1. The Morgan fingerprint density at radius 1 is 1.30 bits per heavy atom. The molecule has 156 valence electrons. The highest BCUT2D eigenvalue weighted by atomic mass is 16.6. The zero-order chi connectivity index (χ0) is 21.8. The van der Waals surface area contributed by atoms with Gasteiger partial charge in [-0.15, -0.1) is 0 Å². The standard InChI is InChI=1S/C20H22N6O4/c1-13-9-16(14(2)25(13)17-5-7-18(30-4)8-6-17)10-22-23-19(27)12-24-15(3)21-11-20(24)26(28)29/h5-11H,12H2,1-4H3,(H,23,27)/b22-10+. The van der Waals surface area contributed by atoms with E-state index in [1.165, 1.54) is 4.57 Å². The average Bonchev–Trinajstić information content (AvgIpc) is 3.21. The molecular formula is C20H22N6O4. The van der Waals surface area contributed by atoms with Crippen molar-refractivity contribution in [2.75, 3.05) is 7.11 Å². The van der Waals surface area contributed by atoms with Crippen molar-refractivity contribution in [3.8, 4) is 11.4 Å². The fourth-order valence-electron chi connectivity index (χ4n) is 3.20. The summed E-state index contributed by atoms with van der Waals surface area (Å²) in [4.78, 5) is 26.5. The number of hydrogen-bond acceptors (Lipinski definition) is 6. The van der Waals surface area contributed by atoms with Gasteiger partial charge in [0.05, 0.1) is 13.3 Å². The number of amides is 1. The summed E-state index contributed by atoms with van der Waals surface area (Å²) >= 11 is 0. The molecule has 0 radical (unpaired) electrons. The molecule has 0 saturated heterocycles. The van der Waals surface area contributed by atoms with E-state index in [-0.39, 0.29) is 12.4 Å². The van der Waals surface area contributed by atoms with Crippen LogP contribution < -0.4 is 10.2 Å². The Labute approximate surface area is 173 Å². The van der Waals surface area contributed by atoms with Crippen LogP contribution in [-0.4, -0.2) is 38.3 Å². The van der Waals surface area contributed by atoms with Crippen LogP contribution in [-0.2, 0) is 11.3 Å². The van der Waals surface area contributed by atoms with E-state index >= 15 is 0 Å². The van der Waals surface area contributed by atoms with Crippen molar-refractivity contribution in [1.82, 2.24) is 19.5 Å². The number of carbonyl (C=O) groups is 1. The highest BCUT2D eigenvalue weighted by Crippen LogP contribution is 2.22. The third kappa shape index (κ3) is 4.22. The van der Waals surface area contributed by atoms with Crippen molar-refractivity contribution in [1.29, 1.82) is 0 Å². The topological polar surface area (TPSA) is 117 Å². The minimum atomic E-state index is -0.579. The third-order valence-corrected chi connectivity index (χ3v) is 4.72. The van der Waals surface area contributed by atoms with Gasteiger partial charge in [0.2, 0.25) is 0 Å². The van der Waals surface area contributed by atoms with Gasteiger partial charge in [-0.05, 0) is 49.1 Å². The summed E-state index contributed by atoms with van der Waals surface area (Å²) in [5, 5.41) is 15.0. The van der Waals surface area contributed by atoms with Crippen molar-refractivity contribution < 1.29 is 14.5 Å². The van der Waals surface area contributed by atoms with E-state index in [4.69, 9.17) is 4.74 Å². The van der Waals surface area contributed by atoms with Crippen LogP contribution in [0.1, 0.15) is 22.8 Å². The first-order valence-electron chi connectivity index (χ1n) is 9.13. The molecule has 0 spiro atoms. The van der Waals surface area contributed by atoms with E-state index in [2.05, 4.69) is 20.1 Å². The molecule has 2 heterocycles. The van der Waals surface area contributed by atoms with Crippen LogP contribution in [0.4, 0.5) is 5.82 Å². The Balaban J connectivity index is 1.72. The van der Waals surface area contributed by atoms with Gasteiger partial charge in [-0.1, -0.05) is 0 Å². The SMILES string of the molecule is COc1ccc(-n2c(C)cc(/C=N/NC(=O)Cn3c([N+](=O)[O-])cnc3C)c2C)cc1. The van der Waals surface area contributed by atoms with E-state index in [0.29, 0.717) is 5.82 Å². The van der Waals surface area contributed by atoms with Crippen molar-refractivity contribution in [3.63, 3.8) is 0 Å². The van der Waals surface area contributed by atoms with E-state index < -0.39 is 10.8 Å². The van der Waals surface area contributed by atoms with Crippen LogP contribution in [0.5, 0.6) is 5.75 Å². The molecule has 10 nitrogen and oxygen atoms in total. The lowest BCUT2D eigenvalue weighted by molar-refractivity contribution is -0.392. The van der Waals surface area contributed by atoms with Crippen LogP contribution in [0.3, 0.4) is 0 Å². The lowest BCUT2D eigenvalue weighted by Gasteiger charge is -2.10. The molecule has 0 aliphatic carbocycles. The van der Waals surface area contributed by atoms with Crippen molar-refractivity contribution in [2.24, 2.45) is 5.10 Å². The monoisotopic (exact) mass is 410 g/mol. The van der Waals surface area contributed by atoms with E-state index in [1.807, 2.05) is 44.2 Å². The van der Waals surface area contributed by atoms with Gasteiger partial charge < -0.3 is 19.4 Å². The van der Waals surface area contributed by atoms with Gasteiger partial charge in [-0.2, -0.15) is 5.10 Å². The summed E-state index contributed by atoms with van der Waals surface area (Å²) in [7, 11) is 1.62. The number of aryl methyl sites for hydroxylation is 2. The third-order valence-electron chi connectivity index (χ3n) is 4.72. The predicted molar refractivity (Wildman–Crippen MR) is 111 cm³/mol. The average molecular weight is 410 g/mol. The number of ether oxygens (including phenoxy) is 1. The largest absolute Gasteiger partial charge is 0.497 e. The normalized spacial score (nSPS) is 11.1. The molecule has 0 atom stereocenters. The van der Waals surface area contributed by atoms with Crippen LogP contribution in [0, 0.1) is 30.9 Å². The molecular weight excluding hydrogens is 388 g/mol. The first-order valence-corrected chi connectivity index (χ1v) is 9.13. The number of nitrogens with zero attached hydrogens (tertiary/aromatic N) is 5. The fraction of sp³-hybridized carbons (Fsp3) is 0.250. The summed E-state index contributed by atoms with van der Waals surface area (Å²) in [6.07, 6.45) is 2.68. The molecule has 3 rings (SSSR count). The zero-order valence-corrected chi connectivity index (χ0v) is 17.1. The highest BCUT2D eigenvalue weighted by molar-refractivity contribution is 5.84. The number of rotatable bonds is 7. The van der Waals surface area contributed by atoms with Crippen LogP contribution >= 0.6 is 0 Å². The zero-order valence-electron chi connectivity index (χ0n) is 17.1. The lowest BCUT2D eigenvalue weighted by Crippen LogP contribution is -2.24. The molecule has 1 amide bonds. The number of hydrazone groups is 1. The molecule has 10 heteroatoms. The molecule has 1 N–H and O–H groups in total. The van der Waals surface area contributed by atoms with Gasteiger partial charge in [-0.25, -0.2) is 15.0 Å². The van der Waals surface area contributed by atoms with Crippen molar-refractivity contribution in [2.45, 2.75) is 27.3 Å². The number of hydrogen-bond donors (Lipinski definition) is 1. The first-order chi connectivity index (χ1) is 14.3. The van der Waals surface area contributed by atoms with E-state index in [1.54, 1.807) is 20.2 Å². The number of nitrogens with one attached hydrogen (secondary N) is 1. The summed E-state index contributed by atoms with van der Waals surface area (Å²) in [6, 6.07) is 9.66. The Morgan fingerprint density at radius 2 is 2.00 bits per heavy atom. The Kier molecular flexibility index (Phi) is 5.95. The quantitative estimate of drug-likeness (QED) is 0.365. The summed E-state index contributed by atoms with van der Waals surface area (Å²) in [6.45, 7) is 5.29. The molecule has 30 heavy (non-hydrogen) atoms. The maximum Gasteiger partial charge on any atom is 0.343 e. The van der Waals surface area contributed by atoms with Crippen molar-refractivity contribution >= 4 is 17.9 Å². The maximum atomic E-state index is 12.2. The molecule has 0 aliphatic rings. The number of aromatic nitrogens is 3. The van der Waals surface area contributed by atoms with Crippen LogP contribution in [0.25, 0.3) is 5.69 Å². The fourth-order valence-corrected chi connectivity index (χ4v) is 3.20. The molecule has 0 fully saturated rings. The Morgan fingerprint density at radius 3 is 2.63 bits per heavy atom. The van der Waals surface area contributed by atoms with Crippen LogP contribution in [0.2, 0.25) is 0 Å². The minimum Gasteiger partial charge on any atom is -0.497 e. The van der Waals surface area contributed by atoms with E-state index in [9.17, 15) is 14.9 Å². The molecule has 0 saturated carbocycles. The van der Waals surface area contributed by atoms with Gasteiger partial charge in [0.25, 0.3) is 5.91 Å². The molecule has 1 aromatic carbocycles. The lowest BCUT2D eigenvalue weighted by atomic mass is 10.2. The van der Waals surface area contributed by atoms with Gasteiger partial charge >= 0.3 is 5.82 Å². The number of imidazole rings is 1. The van der Waals surface area contributed by atoms with E-state index in [0.717, 1.165) is 34.6 Å².